The van der Waals surface area contributed by atoms with E-state index in [1.165, 1.54) is 16.0 Å². The fourth-order valence-corrected chi connectivity index (χ4v) is 1.96. The molecule has 80 valence electrons. The number of rotatable bonds is 1. The molecule has 0 aliphatic heterocycles. The molecular weight excluding hydrogens is 225 g/mol. The van der Waals surface area contributed by atoms with Crippen molar-refractivity contribution in [2.24, 2.45) is 0 Å². The Morgan fingerprint density at radius 3 is 2.60 bits per heavy atom. The molecule has 2 nitrogen and oxygen atoms in total. The van der Waals surface area contributed by atoms with Crippen molar-refractivity contribution in [1.82, 2.24) is 9.78 Å². The SMILES string of the molecule is Cc1cc(C(F)(F)F)nn1-c1cccs1. The highest BCUT2D eigenvalue weighted by Crippen LogP contribution is 2.29. The van der Waals surface area contributed by atoms with Crippen molar-refractivity contribution in [2.45, 2.75) is 13.1 Å². The first-order valence-corrected chi connectivity index (χ1v) is 5.04. The van der Waals surface area contributed by atoms with Crippen molar-refractivity contribution in [3.8, 4) is 5.00 Å². The molecule has 2 heterocycles. The third-order valence-electron chi connectivity index (χ3n) is 1.89. The van der Waals surface area contributed by atoms with Gasteiger partial charge in [0.2, 0.25) is 0 Å². The highest BCUT2D eigenvalue weighted by molar-refractivity contribution is 7.12. The lowest BCUT2D eigenvalue weighted by Crippen LogP contribution is -2.06. The Balaban J connectivity index is 2.47. The first-order chi connectivity index (χ1) is 6.98. The first kappa shape index (κ1) is 10.2. The topological polar surface area (TPSA) is 17.8 Å². The largest absolute Gasteiger partial charge is 0.435 e. The molecule has 0 saturated carbocycles. The zero-order chi connectivity index (χ0) is 11.1. The molecule has 0 unspecified atom stereocenters. The van der Waals surface area contributed by atoms with Gasteiger partial charge < -0.3 is 0 Å². The third kappa shape index (κ3) is 1.90. The quantitative estimate of drug-likeness (QED) is 0.737. The van der Waals surface area contributed by atoms with Gasteiger partial charge in [0, 0.05) is 5.69 Å². The number of nitrogens with zero attached hydrogens (tertiary/aromatic N) is 2. The number of aromatic nitrogens is 2. The second-order valence-electron chi connectivity index (χ2n) is 3.03. The van der Waals surface area contributed by atoms with E-state index in [4.69, 9.17) is 0 Å². The van der Waals surface area contributed by atoms with Gasteiger partial charge in [-0.25, -0.2) is 4.68 Å². The maximum atomic E-state index is 12.4. The fourth-order valence-electron chi connectivity index (χ4n) is 1.23. The molecule has 0 aromatic carbocycles. The molecule has 6 heteroatoms. The Kier molecular flexibility index (Phi) is 2.30. The van der Waals surface area contributed by atoms with Crippen molar-refractivity contribution in [1.29, 1.82) is 0 Å². The molecule has 0 aliphatic carbocycles. The van der Waals surface area contributed by atoms with Crippen LogP contribution in [-0.2, 0) is 6.18 Å². The van der Waals surface area contributed by atoms with Crippen molar-refractivity contribution in [2.75, 3.05) is 0 Å². The Morgan fingerprint density at radius 2 is 2.13 bits per heavy atom. The Hall–Kier alpha value is -1.30. The molecule has 15 heavy (non-hydrogen) atoms. The van der Waals surface area contributed by atoms with Crippen LogP contribution in [0.5, 0.6) is 0 Å². The lowest BCUT2D eigenvalue weighted by Gasteiger charge is -2.01. The van der Waals surface area contributed by atoms with Gasteiger partial charge in [-0.15, -0.1) is 11.3 Å². The number of hydrogen-bond acceptors (Lipinski definition) is 2. The zero-order valence-electron chi connectivity index (χ0n) is 7.75. The summed E-state index contributed by atoms with van der Waals surface area (Å²) in [7, 11) is 0. The second-order valence-corrected chi connectivity index (χ2v) is 3.96. The van der Waals surface area contributed by atoms with Gasteiger partial charge >= 0.3 is 6.18 Å². The summed E-state index contributed by atoms with van der Waals surface area (Å²) in [6.07, 6.45) is -4.38. The van der Waals surface area contributed by atoms with Gasteiger partial charge in [-0.2, -0.15) is 18.3 Å². The standard InChI is InChI=1S/C9H7F3N2S/c1-6-5-7(9(10,11)12)13-14(6)8-3-2-4-15-8/h2-5H,1H3. The van der Waals surface area contributed by atoms with E-state index in [-0.39, 0.29) is 0 Å². The Labute approximate surface area is 88.0 Å². The average molecular weight is 232 g/mol. The monoisotopic (exact) mass is 232 g/mol. The van der Waals surface area contributed by atoms with E-state index < -0.39 is 11.9 Å². The van der Waals surface area contributed by atoms with E-state index in [1.807, 2.05) is 0 Å². The van der Waals surface area contributed by atoms with Crippen LogP contribution in [0.25, 0.3) is 5.00 Å². The zero-order valence-corrected chi connectivity index (χ0v) is 8.56. The van der Waals surface area contributed by atoms with E-state index >= 15 is 0 Å². The molecule has 2 aromatic heterocycles. The molecule has 0 radical (unpaired) electrons. The number of aryl methyl sites for hydroxylation is 1. The molecule has 0 amide bonds. The van der Waals surface area contributed by atoms with Crippen LogP contribution in [0.15, 0.2) is 23.6 Å². The van der Waals surface area contributed by atoms with Crippen LogP contribution in [0.4, 0.5) is 13.2 Å². The molecular formula is C9H7F3N2S. The van der Waals surface area contributed by atoms with Crippen LogP contribution in [0.2, 0.25) is 0 Å². The summed E-state index contributed by atoms with van der Waals surface area (Å²) in [6.45, 7) is 1.60. The maximum Gasteiger partial charge on any atom is 0.435 e. The fraction of sp³-hybridized carbons (Fsp3) is 0.222. The van der Waals surface area contributed by atoms with Gasteiger partial charge in [-0.1, -0.05) is 0 Å². The minimum atomic E-state index is -4.38. The minimum absolute atomic E-state index is 0.477. The molecule has 0 bridgehead atoms. The molecule has 0 fully saturated rings. The number of alkyl halides is 3. The summed E-state index contributed by atoms with van der Waals surface area (Å²) in [5.74, 6) is 0. The molecule has 0 aliphatic rings. The van der Waals surface area contributed by atoms with Gasteiger partial charge in [-0.3, -0.25) is 0 Å². The lowest BCUT2D eigenvalue weighted by molar-refractivity contribution is -0.141. The summed E-state index contributed by atoms with van der Waals surface area (Å²) in [5, 5.41) is 6.00. The van der Waals surface area contributed by atoms with Gasteiger partial charge in [0.25, 0.3) is 0 Å². The minimum Gasteiger partial charge on any atom is -0.227 e. The van der Waals surface area contributed by atoms with Crippen molar-refractivity contribution in [3.05, 3.63) is 35.0 Å². The summed E-state index contributed by atoms with van der Waals surface area (Å²) in [6, 6.07) is 4.54. The van der Waals surface area contributed by atoms with E-state index in [2.05, 4.69) is 5.10 Å². The van der Waals surface area contributed by atoms with E-state index in [0.717, 1.165) is 6.07 Å². The lowest BCUT2D eigenvalue weighted by atomic mass is 10.4. The maximum absolute atomic E-state index is 12.4. The van der Waals surface area contributed by atoms with Crippen LogP contribution in [0.3, 0.4) is 0 Å². The predicted octanol–water partition coefficient (Wildman–Crippen LogP) is 3.26. The van der Waals surface area contributed by atoms with Crippen molar-refractivity contribution < 1.29 is 13.2 Å². The molecule has 2 rings (SSSR count). The summed E-state index contributed by atoms with van der Waals surface area (Å²) < 4.78 is 38.4. The van der Waals surface area contributed by atoms with Gasteiger partial charge in [-0.05, 0) is 30.5 Å². The Morgan fingerprint density at radius 1 is 1.40 bits per heavy atom. The molecule has 0 N–H and O–H groups in total. The van der Waals surface area contributed by atoms with E-state index in [0.29, 0.717) is 10.7 Å². The summed E-state index contributed by atoms with van der Waals surface area (Å²) >= 11 is 1.35. The number of hydrogen-bond donors (Lipinski definition) is 0. The number of thiophene rings is 1. The second kappa shape index (κ2) is 3.37. The van der Waals surface area contributed by atoms with Crippen molar-refractivity contribution in [3.63, 3.8) is 0 Å². The van der Waals surface area contributed by atoms with Crippen molar-refractivity contribution >= 4 is 11.3 Å². The summed E-state index contributed by atoms with van der Waals surface area (Å²) in [4.78, 5) is 0. The number of halogens is 3. The normalized spacial score (nSPS) is 12.0. The predicted molar refractivity (Wildman–Crippen MR) is 51.2 cm³/mol. The molecule has 2 aromatic rings. The highest BCUT2D eigenvalue weighted by atomic mass is 32.1. The third-order valence-corrected chi connectivity index (χ3v) is 2.74. The molecule has 0 atom stereocenters. The Bertz CT molecular complexity index is 456. The van der Waals surface area contributed by atoms with Gasteiger partial charge in [0.15, 0.2) is 5.69 Å². The first-order valence-electron chi connectivity index (χ1n) is 4.16. The van der Waals surface area contributed by atoms with Crippen LogP contribution in [0, 0.1) is 6.92 Å². The van der Waals surface area contributed by atoms with Gasteiger partial charge in [0.05, 0.1) is 0 Å². The van der Waals surface area contributed by atoms with E-state index in [9.17, 15) is 13.2 Å². The van der Waals surface area contributed by atoms with E-state index in [1.54, 1.807) is 24.4 Å². The smallest absolute Gasteiger partial charge is 0.227 e. The molecule has 0 saturated heterocycles. The van der Waals surface area contributed by atoms with Gasteiger partial charge in [0.1, 0.15) is 5.00 Å². The average Bonchev–Trinajstić information content (AvgIpc) is 2.69. The van der Waals surface area contributed by atoms with Crippen LogP contribution >= 0.6 is 11.3 Å². The van der Waals surface area contributed by atoms with Crippen LogP contribution in [-0.4, -0.2) is 9.78 Å². The van der Waals surface area contributed by atoms with Crippen LogP contribution < -0.4 is 0 Å². The van der Waals surface area contributed by atoms with Crippen LogP contribution in [0.1, 0.15) is 11.4 Å². The highest BCUT2D eigenvalue weighted by Gasteiger charge is 2.34. The summed E-state index contributed by atoms with van der Waals surface area (Å²) in [5.41, 5.74) is -0.377. The molecule has 0 spiro atoms.